The van der Waals surface area contributed by atoms with E-state index >= 15 is 0 Å². The van der Waals surface area contributed by atoms with Gasteiger partial charge in [-0.1, -0.05) is 6.42 Å². The molecule has 5 nitrogen and oxygen atoms in total. The second kappa shape index (κ2) is 6.18. The van der Waals surface area contributed by atoms with E-state index in [4.69, 9.17) is 5.73 Å². The highest BCUT2D eigenvalue weighted by Crippen LogP contribution is 2.26. The van der Waals surface area contributed by atoms with Crippen molar-refractivity contribution in [1.29, 1.82) is 0 Å². The lowest BCUT2D eigenvalue weighted by atomic mass is 9.99. The first-order valence-corrected chi connectivity index (χ1v) is 6.99. The maximum absolute atomic E-state index is 11.9. The third kappa shape index (κ3) is 3.45. The van der Waals surface area contributed by atoms with Crippen molar-refractivity contribution >= 4 is 11.8 Å². The van der Waals surface area contributed by atoms with Crippen molar-refractivity contribution in [3.05, 3.63) is 0 Å². The molecule has 0 aromatic rings. The van der Waals surface area contributed by atoms with Crippen LogP contribution in [-0.4, -0.2) is 30.4 Å². The molecule has 1 heterocycles. The van der Waals surface area contributed by atoms with Gasteiger partial charge in [0.25, 0.3) is 0 Å². The third-order valence-electron chi connectivity index (χ3n) is 4.04. The molecule has 0 bridgehead atoms. The average molecular weight is 253 g/mol. The molecule has 2 fully saturated rings. The Morgan fingerprint density at radius 2 is 2.11 bits per heavy atom. The zero-order valence-electron chi connectivity index (χ0n) is 10.8. The Balaban J connectivity index is 1.80. The first kappa shape index (κ1) is 13.3. The Morgan fingerprint density at radius 3 is 2.83 bits per heavy atom. The molecule has 0 radical (unpaired) electrons. The summed E-state index contributed by atoms with van der Waals surface area (Å²) in [5.74, 6) is 0.217. The van der Waals surface area contributed by atoms with E-state index in [9.17, 15) is 9.59 Å². The summed E-state index contributed by atoms with van der Waals surface area (Å²) in [6.07, 6.45) is 6.34. The number of rotatable bonds is 3. The molecule has 1 saturated heterocycles. The van der Waals surface area contributed by atoms with E-state index in [0.29, 0.717) is 12.3 Å². The number of hydrogen-bond donors (Lipinski definition) is 3. The number of amides is 2. The number of carbonyl (C=O) groups is 2. The molecule has 4 N–H and O–H groups in total. The Labute approximate surface area is 108 Å². The molecule has 102 valence electrons. The molecule has 18 heavy (non-hydrogen) atoms. The lowest BCUT2D eigenvalue weighted by Gasteiger charge is -2.18. The molecule has 2 amide bonds. The van der Waals surface area contributed by atoms with Crippen molar-refractivity contribution in [3.63, 3.8) is 0 Å². The molecular formula is C13H23N3O2. The van der Waals surface area contributed by atoms with Crippen molar-refractivity contribution < 1.29 is 9.59 Å². The van der Waals surface area contributed by atoms with Gasteiger partial charge in [0.05, 0.1) is 0 Å². The van der Waals surface area contributed by atoms with Gasteiger partial charge < -0.3 is 16.4 Å². The van der Waals surface area contributed by atoms with E-state index in [1.807, 2.05) is 0 Å². The van der Waals surface area contributed by atoms with Crippen molar-refractivity contribution in [1.82, 2.24) is 10.6 Å². The third-order valence-corrected chi connectivity index (χ3v) is 4.04. The normalized spacial score (nSPS) is 32.7. The van der Waals surface area contributed by atoms with E-state index < -0.39 is 0 Å². The Kier molecular flexibility index (Phi) is 4.58. The lowest BCUT2D eigenvalue weighted by Crippen LogP contribution is -2.46. The van der Waals surface area contributed by atoms with Crippen LogP contribution in [0, 0.1) is 5.92 Å². The predicted octanol–water partition coefficient (Wildman–Crippen LogP) is 0.289. The molecular weight excluding hydrogens is 230 g/mol. The largest absolute Gasteiger partial charge is 0.354 e. The summed E-state index contributed by atoms with van der Waals surface area (Å²) in [6, 6.07) is -0.198. The zero-order valence-corrected chi connectivity index (χ0v) is 10.8. The number of hydrogen-bond acceptors (Lipinski definition) is 3. The fraction of sp³-hybridized carbons (Fsp3) is 0.846. The SMILES string of the molecule is N[C@@H]1CCC[C@H]1CC(=O)NC1CCCCNC1=O. The van der Waals surface area contributed by atoms with Gasteiger partial charge in [-0.3, -0.25) is 9.59 Å². The van der Waals surface area contributed by atoms with Crippen LogP contribution in [0.3, 0.4) is 0 Å². The highest BCUT2D eigenvalue weighted by atomic mass is 16.2. The maximum Gasteiger partial charge on any atom is 0.242 e. The Morgan fingerprint density at radius 1 is 1.28 bits per heavy atom. The topological polar surface area (TPSA) is 84.2 Å². The van der Waals surface area contributed by atoms with Gasteiger partial charge in [-0.15, -0.1) is 0 Å². The van der Waals surface area contributed by atoms with Crippen LogP contribution in [0.5, 0.6) is 0 Å². The van der Waals surface area contributed by atoms with Gasteiger partial charge in [-0.25, -0.2) is 0 Å². The van der Waals surface area contributed by atoms with Crippen LogP contribution < -0.4 is 16.4 Å². The average Bonchev–Trinajstić information content (AvgIpc) is 2.61. The summed E-state index contributed by atoms with van der Waals surface area (Å²) in [6.45, 7) is 0.721. The van der Waals surface area contributed by atoms with Crippen LogP contribution in [0.2, 0.25) is 0 Å². The van der Waals surface area contributed by atoms with E-state index in [1.165, 1.54) is 0 Å². The minimum Gasteiger partial charge on any atom is -0.354 e. The summed E-state index contributed by atoms with van der Waals surface area (Å²) in [7, 11) is 0. The Hall–Kier alpha value is -1.10. The van der Waals surface area contributed by atoms with Crippen molar-refractivity contribution in [2.24, 2.45) is 11.7 Å². The first-order valence-electron chi connectivity index (χ1n) is 6.99. The maximum atomic E-state index is 11.9. The standard InChI is InChI=1S/C13H23N3O2/c14-10-5-3-4-9(10)8-12(17)16-11-6-1-2-7-15-13(11)18/h9-11H,1-8,14H2,(H,15,18)(H,16,17)/t9-,10+,11?/m0/s1. The molecule has 1 aliphatic carbocycles. The summed E-state index contributed by atoms with van der Waals surface area (Å²) >= 11 is 0. The van der Waals surface area contributed by atoms with Crippen LogP contribution >= 0.6 is 0 Å². The van der Waals surface area contributed by atoms with E-state index in [0.717, 1.165) is 45.1 Å². The molecule has 3 atom stereocenters. The van der Waals surface area contributed by atoms with Gasteiger partial charge >= 0.3 is 0 Å². The monoisotopic (exact) mass is 253 g/mol. The highest BCUT2D eigenvalue weighted by molar-refractivity contribution is 5.87. The van der Waals surface area contributed by atoms with Crippen molar-refractivity contribution in [2.75, 3.05) is 6.54 Å². The minimum atomic E-state index is -0.349. The van der Waals surface area contributed by atoms with Crippen LogP contribution in [0.15, 0.2) is 0 Å². The van der Waals surface area contributed by atoms with Gasteiger partial charge in [0.2, 0.25) is 11.8 Å². The number of nitrogens with two attached hydrogens (primary N) is 1. The van der Waals surface area contributed by atoms with E-state index in [-0.39, 0.29) is 23.9 Å². The minimum absolute atomic E-state index is 0.0283. The molecule has 1 aliphatic heterocycles. The molecule has 0 spiro atoms. The van der Waals surface area contributed by atoms with Crippen LogP contribution in [0.25, 0.3) is 0 Å². The summed E-state index contributed by atoms with van der Waals surface area (Å²) in [5, 5.41) is 5.67. The van der Waals surface area contributed by atoms with Gasteiger partial charge in [0, 0.05) is 19.0 Å². The molecule has 0 aromatic carbocycles. The highest BCUT2D eigenvalue weighted by Gasteiger charge is 2.28. The number of nitrogens with one attached hydrogen (secondary N) is 2. The van der Waals surface area contributed by atoms with Gasteiger partial charge in [-0.2, -0.15) is 0 Å². The van der Waals surface area contributed by atoms with Crippen LogP contribution in [0.4, 0.5) is 0 Å². The molecule has 5 heteroatoms. The van der Waals surface area contributed by atoms with Gasteiger partial charge in [-0.05, 0) is 38.0 Å². The molecule has 2 aliphatic rings. The van der Waals surface area contributed by atoms with E-state index in [2.05, 4.69) is 10.6 Å². The van der Waals surface area contributed by atoms with E-state index in [1.54, 1.807) is 0 Å². The first-order chi connectivity index (χ1) is 8.66. The smallest absolute Gasteiger partial charge is 0.242 e. The molecule has 1 saturated carbocycles. The zero-order chi connectivity index (χ0) is 13.0. The van der Waals surface area contributed by atoms with Crippen molar-refractivity contribution in [3.8, 4) is 0 Å². The van der Waals surface area contributed by atoms with Crippen LogP contribution in [-0.2, 0) is 9.59 Å². The predicted molar refractivity (Wildman–Crippen MR) is 68.7 cm³/mol. The second-order valence-electron chi connectivity index (χ2n) is 5.47. The molecule has 2 rings (SSSR count). The van der Waals surface area contributed by atoms with Crippen molar-refractivity contribution in [2.45, 2.75) is 57.0 Å². The van der Waals surface area contributed by atoms with Gasteiger partial charge in [0.1, 0.15) is 6.04 Å². The summed E-state index contributed by atoms with van der Waals surface area (Å²) in [5.41, 5.74) is 5.95. The molecule has 0 aromatic heterocycles. The number of carbonyl (C=O) groups excluding carboxylic acids is 2. The summed E-state index contributed by atoms with van der Waals surface area (Å²) in [4.78, 5) is 23.6. The fourth-order valence-electron chi connectivity index (χ4n) is 2.89. The van der Waals surface area contributed by atoms with Crippen LogP contribution in [0.1, 0.15) is 44.9 Å². The fourth-order valence-corrected chi connectivity index (χ4v) is 2.89. The van der Waals surface area contributed by atoms with Gasteiger partial charge in [0.15, 0.2) is 0 Å². The second-order valence-corrected chi connectivity index (χ2v) is 5.47. The summed E-state index contributed by atoms with van der Waals surface area (Å²) < 4.78 is 0. The lowest BCUT2D eigenvalue weighted by molar-refractivity contribution is -0.129. The Bertz CT molecular complexity index is 319. The quantitative estimate of drug-likeness (QED) is 0.676. The molecule has 1 unspecified atom stereocenters.